The van der Waals surface area contributed by atoms with Crippen molar-refractivity contribution in [2.45, 2.75) is 64.5 Å². The van der Waals surface area contributed by atoms with Gasteiger partial charge in [0.25, 0.3) is 0 Å². The monoisotopic (exact) mass is 282 g/mol. The van der Waals surface area contributed by atoms with Crippen molar-refractivity contribution in [2.24, 2.45) is 5.92 Å². The molecule has 3 atom stereocenters. The van der Waals surface area contributed by atoms with Gasteiger partial charge in [-0.2, -0.15) is 0 Å². The number of amides is 2. The van der Waals surface area contributed by atoms with Gasteiger partial charge in [0.05, 0.1) is 5.92 Å². The smallest absolute Gasteiger partial charge is 0.320 e. The molecule has 0 aromatic carbocycles. The van der Waals surface area contributed by atoms with Crippen LogP contribution in [0.3, 0.4) is 0 Å². The number of urea groups is 1. The average Bonchev–Trinajstić information content (AvgIpc) is 2.81. The van der Waals surface area contributed by atoms with Gasteiger partial charge in [0.1, 0.15) is 0 Å². The summed E-state index contributed by atoms with van der Waals surface area (Å²) in [5.74, 6) is -1.19. The van der Waals surface area contributed by atoms with Crippen molar-refractivity contribution >= 4 is 12.0 Å². The number of aliphatic carboxylic acids is 1. The predicted octanol–water partition coefficient (Wildman–Crippen LogP) is 2.56. The van der Waals surface area contributed by atoms with Crippen LogP contribution < -0.4 is 0 Å². The molecule has 20 heavy (non-hydrogen) atoms. The first-order valence-corrected chi connectivity index (χ1v) is 7.86. The molecule has 1 N–H and O–H groups in total. The highest BCUT2D eigenvalue weighted by molar-refractivity contribution is 5.78. The summed E-state index contributed by atoms with van der Waals surface area (Å²) in [6.07, 6.45) is 6.06. The minimum atomic E-state index is -0.781. The quantitative estimate of drug-likeness (QED) is 0.865. The number of likely N-dealkylation sites (tertiary alicyclic amines) is 2. The summed E-state index contributed by atoms with van der Waals surface area (Å²) < 4.78 is 0. The molecular formula is C15H26N2O3. The van der Waals surface area contributed by atoms with Crippen LogP contribution in [-0.4, -0.2) is 52.1 Å². The van der Waals surface area contributed by atoms with Crippen LogP contribution in [0.4, 0.5) is 4.79 Å². The average molecular weight is 282 g/mol. The van der Waals surface area contributed by atoms with E-state index >= 15 is 0 Å². The fourth-order valence-corrected chi connectivity index (χ4v) is 3.59. The van der Waals surface area contributed by atoms with Crippen LogP contribution in [0, 0.1) is 5.92 Å². The van der Waals surface area contributed by atoms with Crippen LogP contribution in [0.5, 0.6) is 0 Å². The summed E-state index contributed by atoms with van der Waals surface area (Å²) in [6.45, 7) is 5.41. The van der Waals surface area contributed by atoms with Crippen molar-refractivity contribution in [1.82, 2.24) is 9.80 Å². The molecule has 3 unspecified atom stereocenters. The predicted molar refractivity (Wildman–Crippen MR) is 76.6 cm³/mol. The second kappa shape index (κ2) is 6.46. The van der Waals surface area contributed by atoms with E-state index in [1.165, 1.54) is 6.42 Å². The second-order valence-electron chi connectivity index (χ2n) is 6.08. The highest BCUT2D eigenvalue weighted by Crippen LogP contribution is 2.28. The van der Waals surface area contributed by atoms with Crippen LogP contribution in [0.25, 0.3) is 0 Å². The van der Waals surface area contributed by atoms with Crippen LogP contribution >= 0.6 is 0 Å². The molecule has 0 aromatic heterocycles. The van der Waals surface area contributed by atoms with Gasteiger partial charge in [-0.25, -0.2) is 4.79 Å². The lowest BCUT2D eigenvalue weighted by atomic mass is 9.98. The molecule has 2 fully saturated rings. The molecule has 2 heterocycles. The molecule has 0 saturated carbocycles. The number of carbonyl (C=O) groups is 2. The first-order chi connectivity index (χ1) is 9.56. The number of hydrogen-bond donors (Lipinski definition) is 1. The van der Waals surface area contributed by atoms with Crippen molar-refractivity contribution in [1.29, 1.82) is 0 Å². The van der Waals surface area contributed by atoms with Crippen molar-refractivity contribution in [3.63, 3.8) is 0 Å². The zero-order valence-electron chi connectivity index (χ0n) is 12.5. The molecule has 0 radical (unpaired) electrons. The Morgan fingerprint density at radius 3 is 2.50 bits per heavy atom. The third kappa shape index (κ3) is 2.91. The molecular weight excluding hydrogens is 256 g/mol. The van der Waals surface area contributed by atoms with Gasteiger partial charge in [0, 0.05) is 25.2 Å². The van der Waals surface area contributed by atoms with E-state index in [0.29, 0.717) is 19.0 Å². The third-order valence-electron chi connectivity index (χ3n) is 4.81. The Labute approximate surface area is 120 Å². The van der Waals surface area contributed by atoms with E-state index in [0.717, 1.165) is 32.2 Å². The number of rotatable bonds is 3. The van der Waals surface area contributed by atoms with Gasteiger partial charge < -0.3 is 14.9 Å². The van der Waals surface area contributed by atoms with Crippen molar-refractivity contribution in [3.8, 4) is 0 Å². The largest absolute Gasteiger partial charge is 0.481 e. The molecule has 5 nitrogen and oxygen atoms in total. The van der Waals surface area contributed by atoms with Crippen LogP contribution in [0.2, 0.25) is 0 Å². The van der Waals surface area contributed by atoms with Crippen LogP contribution in [0.15, 0.2) is 0 Å². The zero-order chi connectivity index (χ0) is 14.7. The van der Waals surface area contributed by atoms with Crippen LogP contribution in [0.1, 0.15) is 52.4 Å². The fraction of sp³-hybridized carbons (Fsp3) is 0.867. The van der Waals surface area contributed by atoms with Gasteiger partial charge in [0.2, 0.25) is 0 Å². The van der Waals surface area contributed by atoms with E-state index in [-0.39, 0.29) is 12.1 Å². The number of carboxylic acids is 1. The van der Waals surface area contributed by atoms with Gasteiger partial charge in [0.15, 0.2) is 0 Å². The maximum absolute atomic E-state index is 12.7. The minimum Gasteiger partial charge on any atom is -0.481 e. The number of nitrogens with zero attached hydrogens (tertiary/aromatic N) is 2. The molecule has 5 heteroatoms. The van der Waals surface area contributed by atoms with Crippen LogP contribution in [-0.2, 0) is 4.79 Å². The molecule has 0 spiro atoms. The molecule has 0 aromatic rings. The molecule has 2 rings (SSSR count). The van der Waals surface area contributed by atoms with E-state index in [2.05, 4.69) is 6.92 Å². The molecule has 114 valence electrons. The number of hydrogen-bond acceptors (Lipinski definition) is 2. The Hall–Kier alpha value is -1.26. The Bertz CT molecular complexity index is 370. The first kappa shape index (κ1) is 15.1. The van der Waals surface area contributed by atoms with Crippen molar-refractivity contribution in [2.75, 3.05) is 13.1 Å². The minimum absolute atomic E-state index is 0.0550. The molecule has 0 bridgehead atoms. The third-order valence-corrected chi connectivity index (χ3v) is 4.81. The van der Waals surface area contributed by atoms with Crippen molar-refractivity contribution in [3.05, 3.63) is 0 Å². The Morgan fingerprint density at radius 2 is 1.90 bits per heavy atom. The Morgan fingerprint density at radius 1 is 1.15 bits per heavy atom. The van der Waals surface area contributed by atoms with Gasteiger partial charge >= 0.3 is 12.0 Å². The summed E-state index contributed by atoms with van der Waals surface area (Å²) in [7, 11) is 0. The lowest BCUT2D eigenvalue weighted by Crippen LogP contribution is -2.51. The molecule has 2 aliphatic heterocycles. The number of carbonyl (C=O) groups excluding carboxylic acids is 1. The van der Waals surface area contributed by atoms with E-state index < -0.39 is 11.9 Å². The normalized spacial score (nSPS) is 30.6. The number of carboxylic acid groups (broad SMARTS) is 1. The lowest BCUT2D eigenvalue weighted by Gasteiger charge is -2.39. The van der Waals surface area contributed by atoms with E-state index in [4.69, 9.17) is 0 Å². The van der Waals surface area contributed by atoms with Gasteiger partial charge in [-0.3, -0.25) is 4.79 Å². The standard InChI is InChI=1S/C15H26N2O3/c1-3-6-12-7-4-5-9-17(12)15(20)16-10-8-13(11(16)2)14(18)19/h11-13H,3-10H2,1-2H3,(H,18,19). The topological polar surface area (TPSA) is 60.9 Å². The Balaban J connectivity index is 2.04. The highest BCUT2D eigenvalue weighted by atomic mass is 16.4. The van der Waals surface area contributed by atoms with Crippen molar-refractivity contribution < 1.29 is 14.7 Å². The van der Waals surface area contributed by atoms with E-state index in [1.54, 1.807) is 4.90 Å². The summed E-state index contributed by atoms with van der Waals surface area (Å²) in [6, 6.07) is 0.209. The van der Waals surface area contributed by atoms with Gasteiger partial charge in [-0.05, 0) is 39.0 Å². The van der Waals surface area contributed by atoms with Gasteiger partial charge in [-0.15, -0.1) is 0 Å². The molecule has 2 saturated heterocycles. The van der Waals surface area contributed by atoms with E-state index in [9.17, 15) is 14.7 Å². The van der Waals surface area contributed by atoms with E-state index in [1.807, 2.05) is 11.8 Å². The summed E-state index contributed by atoms with van der Waals surface area (Å²) in [4.78, 5) is 27.7. The molecule has 0 aliphatic carbocycles. The maximum Gasteiger partial charge on any atom is 0.320 e. The SMILES string of the molecule is CCCC1CCCCN1C(=O)N1CCC(C(=O)O)C1C. The second-order valence-corrected chi connectivity index (χ2v) is 6.08. The summed E-state index contributed by atoms with van der Waals surface area (Å²) in [5.41, 5.74) is 0. The lowest BCUT2D eigenvalue weighted by molar-refractivity contribution is -0.142. The fourth-order valence-electron chi connectivity index (χ4n) is 3.59. The highest BCUT2D eigenvalue weighted by Gasteiger charge is 2.41. The zero-order valence-corrected chi connectivity index (χ0v) is 12.5. The van der Waals surface area contributed by atoms with Gasteiger partial charge in [-0.1, -0.05) is 13.3 Å². The molecule has 2 aliphatic rings. The summed E-state index contributed by atoms with van der Waals surface area (Å²) in [5, 5.41) is 9.18. The molecule has 2 amide bonds. The Kier molecular flexibility index (Phi) is 4.89. The summed E-state index contributed by atoms with van der Waals surface area (Å²) >= 11 is 0. The first-order valence-electron chi connectivity index (χ1n) is 7.86. The maximum atomic E-state index is 12.7. The number of piperidine rings is 1.